The number of aromatic nitrogens is 2. The third-order valence-electron chi connectivity index (χ3n) is 5.12. The normalized spacial score (nSPS) is 21.9. The molecule has 1 saturated heterocycles. The Labute approximate surface area is 138 Å². The van der Waals surface area contributed by atoms with Crippen molar-refractivity contribution in [3.05, 3.63) is 28.0 Å². The van der Waals surface area contributed by atoms with Gasteiger partial charge in [0.15, 0.2) is 5.78 Å². The summed E-state index contributed by atoms with van der Waals surface area (Å²) in [4.78, 5) is 31.5. The molecule has 1 aliphatic carbocycles. The molecule has 1 aliphatic heterocycles. The van der Waals surface area contributed by atoms with Gasteiger partial charge in [0.25, 0.3) is 5.56 Å². The van der Waals surface area contributed by atoms with Crippen molar-refractivity contribution in [2.75, 3.05) is 18.0 Å². The SMILES string of the molecule is CC(=O)c1cc(B(O)O)cc2c(=O)n(C)c(N3CC4CC4C3)nc12. The standard InChI is InChI=1S/C16H18BN3O4/c1-8(21)12-4-11(17(23)24)5-13-14(12)18-16(19(2)15(13)22)20-6-9-3-10(9)7-20/h4-5,9-10,23-24H,3,6-7H2,1-2H3. The number of hydrogen-bond donors (Lipinski definition) is 2. The first-order chi connectivity index (χ1) is 11.4. The van der Waals surface area contributed by atoms with Crippen LogP contribution in [0.25, 0.3) is 10.9 Å². The quantitative estimate of drug-likeness (QED) is 0.570. The molecule has 0 bridgehead atoms. The Hall–Kier alpha value is -2.19. The van der Waals surface area contributed by atoms with Gasteiger partial charge in [-0.2, -0.15) is 0 Å². The van der Waals surface area contributed by atoms with E-state index in [2.05, 4.69) is 9.88 Å². The van der Waals surface area contributed by atoms with Crippen LogP contribution in [0, 0.1) is 11.8 Å². The number of carbonyl (C=O) groups is 1. The number of carbonyl (C=O) groups excluding carboxylic acids is 1. The molecule has 1 aromatic heterocycles. The van der Waals surface area contributed by atoms with Crippen LogP contribution in [0.15, 0.2) is 16.9 Å². The summed E-state index contributed by atoms with van der Waals surface area (Å²) in [6.45, 7) is 3.16. The van der Waals surface area contributed by atoms with Crippen molar-refractivity contribution in [3.8, 4) is 0 Å². The van der Waals surface area contributed by atoms with Crippen LogP contribution in [-0.4, -0.2) is 45.6 Å². The highest BCUT2D eigenvalue weighted by Crippen LogP contribution is 2.45. The van der Waals surface area contributed by atoms with Crippen molar-refractivity contribution >= 4 is 35.2 Å². The predicted octanol–water partition coefficient (Wildman–Crippen LogP) is -0.728. The van der Waals surface area contributed by atoms with Crippen LogP contribution in [0.2, 0.25) is 0 Å². The summed E-state index contributed by atoms with van der Waals surface area (Å²) in [5, 5.41) is 19.1. The monoisotopic (exact) mass is 327 g/mol. The molecule has 2 heterocycles. The number of hydrogen-bond acceptors (Lipinski definition) is 6. The van der Waals surface area contributed by atoms with Crippen LogP contribution in [0.5, 0.6) is 0 Å². The third-order valence-corrected chi connectivity index (χ3v) is 5.12. The Balaban J connectivity index is 1.96. The zero-order chi connectivity index (χ0) is 17.2. The Kier molecular flexibility index (Phi) is 3.30. The molecule has 24 heavy (non-hydrogen) atoms. The maximum atomic E-state index is 12.8. The van der Waals surface area contributed by atoms with Gasteiger partial charge < -0.3 is 14.9 Å². The van der Waals surface area contributed by atoms with E-state index < -0.39 is 7.12 Å². The molecule has 7 nitrogen and oxygen atoms in total. The van der Waals surface area contributed by atoms with Gasteiger partial charge in [0.2, 0.25) is 5.95 Å². The number of Topliss-reactive ketones (excluding diaryl/α,β-unsaturated/α-hetero) is 1. The molecular weight excluding hydrogens is 309 g/mol. The summed E-state index contributed by atoms with van der Waals surface area (Å²) in [5.74, 6) is 1.69. The number of benzene rings is 1. The lowest BCUT2D eigenvalue weighted by Crippen LogP contribution is -2.34. The maximum Gasteiger partial charge on any atom is 0.488 e. The molecule has 8 heteroatoms. The molecule has 1 saturated carbocycles. The van der Waals surface area contributed by atoms with Crippen LogP contribution in [0.4, 0.5) is 5.95 Å². The highest BCUT2D eigenvalue weighted by Gasteiger charge is 2.46. The molecule has 1 aromatic carbocycles. The van der Waals surface area contributed by atoms with Gasteiger partial charge in [0.05, 0.1) is 10.9 Å². The van der Waals surface area contributed by atoms with E-state index in [4.69, 9.17) is 0 Å². The van der Waals surface area contributed by atoms with Gasteiger partial charge in [0.1, 0.15) is 0 Å². The van der Waals surface area contributed by atoms with Crippen LogP contribution in [-0.2, 0) is 7.05 Å². The van der Waals surface area contributed by atoms with E-state index in [1.54, 1.807) is 7.05 Å². The average Bonchev–Trinajstić information content (AvgIpc) is 3.15. The first-order valence-electron chi connectivity index (χ1n) is 8.03. The molecule has 2 aromatic rings. The predicted molar refractivity (Wildman–Crippen MR) is 90.6 cm³/mol. The smallest absolute Gasteiger partial charge is 0.423 e. The number of piperidine rings is 1. The maximum absolute atomic E-state index is 12.8. The fourth-order valence-corrected chi connectivity index (χ4v) is 3.65. The summed E-state index contributed by atoms with van der Waals surface area (Å²) >= 11 is 0. The third kappa shape index (κ3) is 2.25. The lowest BCUT2D eigenvalue weighted by molar-refractivity contribution is 0.101. The lowest BCUT2D eigenvalue weighted by Gasteiger charge is -2.22. The largest absolute Gasteiger partial charge is 0.488 e. The molecule has 2 aliphatic rings. The molecule has 4 rings (SSSR count). The van der Waals surface area contributed by atoms with Crippen LogP contribution in [0.1, 0.15) is 23.7 Å². The molecule has 2 N–H and O–H groups in total. The minimum Gasteiger partial charge on any atom is -0.423 e. The molecule has 0 amide bonds. The summed E-state index contributed by atoms with van der Waals surface area (Å²) in [5.41, 5.74) is 0.381. The van der Waals surface area contributed by atoms with E-state index in [1.165, 1.54) is 30.0 Å². The number of fused-ring (bicyclic) bond motifs is 2. The van der Waals surface area contributed by atoms with Crippen molar-refractivity contribution in [1.82, 2.24) is 9.55 Å². The Morgan fingerprint density at radius 2 is 1.96 bits per heavy atom. The number of nitrogens with zero attached hydrogens (tertiary/aromatic N) is 3. The molecule has 2 atom stereocenters. The van der Waals surface area contributed by atoms with Crippen LogP contribution >= 0.6 is 0 Å². The first kappa shape index (κ1) is 15.3. The molecular formula is C16H18BN3O4. The minimum atomic E-state index is -1.75. The van der Waals surface area contributed by atoms with Crippen molar-refractivity contribution in [2.24, 2.45) is 18.9 Å². The van der Waals surface area contributed by atoms with Gasteiger partial charge in [-0.3, -0.25) is 14.2 Å². The molecule has 124 valence electrons. The topological polar surface area (TPSA) is 95.7 Å². The highest BCUT2D eigenvalue weighted by molar-refractivity contribution is 6.59. The zero-order valence-electron chi connectivity index (χ0n) is 13.6. The van der Waals surface area contributed by atoms with E-state index in [0.29, 0.717) is 23.3 Å². The highest BCUT2D eigenvalue weighted by atomic mass is 16.4. The summed E-state index contributed by atoms with van der Waals surface area (Å²) in [6, 6.07) is 2.79. The molecule has 0 radical (unpaired) electrons. The lowest BCUT2D eigenvalue weighted by atomic mass is 9.78. The van der Waals surface area contributed by atoms with Gasteiger partial charge in [-0.25, -0.2) is 4.98 Å². The Morgan fingerprint density at radius 1 is 1.29 bits per heavy atom. The fraction of sp³-hybridized carbons (Fsp3) is 0.438. The van der Waals surface area contributed by atoms with Crippen molar-refractivity contribution in [1.29, 1.82) is 0 Å². The van der Waals surface area contributed by atoms with Crippen LogP contribution < -0.4 is 15.9 Å². The molecule has 0 spiro atoms. The average molecular weight is 327 g/mol. The second-order valence-corrected chi connectivity index (χ2v) is 6.83. The molecule has 2 unspecified atom stereocenters. The van der Waals surface area contributed by atoms with E-state index >= 15 is 0 Å². The number of anilines is 1. The number of ketones is 1. The van der Waals surface area contributed by atoms with Gasteiger partial charge in [-0.05, 0) is 42.8 Å². The fourth-order valence-electron chi connectivity index (χ4n) is 3.65. The Bertz CT molecular complexity index is 914. The van der Waals surface area contributed by atoms with Crippen molar-refractivity contribution < 1.29 is 14.8 Å². The van der Waals surface area contributed by atoms with Gasteiger partial charge in [0, 0.05) is 25.7 Å². The summed E-state index contributed by atoms with van der Waals surface area (Å²) < 4.78 is 1.48. The van der Waals surface area contributed by atoms with E-state index in [-0.39, 0.29) is 27.8 Å². The molecule has 2 fully saturated rings. The van der Waals surface area contributed by atoms with Gasteiger partial charge >= 0.3 is 7.12 Å². The van der Waals surface area contributed by atoms with Gasteiger partial charge in [-0.1, -0.05) is 0 Å². The van der Waals surface area contributed by atoms with Crippen molar-refractivity contribution in [2.45, 2.75) is 13.3 Å². The van der Waals surface area contributed by atoms with Gasteiger partial charge in [-0.15, -0.1) is 0 Å². The van der Waals surface area contributed by atoms with E-state index in [9.17, 15) is 19.6 Å². The van der Waals surface area contributed by atoms with E-state index in [0.717, 1.165) is 13.1 Å². The number of rotatable bonds is 3. The van der Waals surface area contributed by atoms with Crippen molar-refractivity contribution in [3.63, 3.8) is 0 Å². The van der Waals surface area contributed by atoms with Crippen LogP contribution in [0.3, 0.4) is 0 Å². The summed E-state index contributed by atoms with van der Waals surface area (Å²) in [7, 11) is -0.0913. The zero-order valence-corrected chi connectivity index (χ0v) is 13.6. The Morgan fingerprint density at radius 3 is 2.54 bits per heavy atom. The summed E-state index contributed by atoms with van der Waals surface area (Å²) in [6.07, 6.45) is 1.24. The second-order valence-electron chi connectivity index (χ2n) is 6.83. The minimum absolute atomic E-state index is 0.113. The first-order valence-corrected chi connectivity index (χ1v) is 8.03. The second kappa shape index (κ2) is 5.16. The van der Waals surface area contributed by atoms with E-state index in [1.807, 2.05) is 0 Å².